The van der Waals surface area contributed by atoms with E-state index >= 15 is 0 Å². The van der Waals surface area contributed by atoms with E-state index < -0.39 is 17.9 Å². The Labute approximate surface area is 142 Å². The molecule has 0 radical (unpaired) electrons. The Hall–Kier alpha value is -1.20. The van der Waals surface area contributed by atoms with Crippen LogP contribution in [0.1, 0.15) is 37.5 Å². The van der Waals surface area contributed by atoms with Gasteiger partial charge in [-0.25, -0.2) is 0 Å². The number of benzene rings is 2. The number of hydrogen-bond acceptors (Lipinski definition) is 1. The van der Waals surface area contributed by atoms with E-state index in [1.54, 1.807) is 0 Å². The molecule has 0 N–H and O–H groups in total. The van der Waals surface area contributed by atoms with Gasteiger partial charge in [-0.05, 0) is 0 Å². The zero-order valence-corrected chi connectivity index (χ0v) is 17.3. The summed E-state index contributed by atoms with van der Waals surface area (Å²) in [5.41, 5.74) is 8.06. The van der Waals surface area contributed by atoms with Crippen LogP contribution in [-0.4, -0.2) is 4.40 Å². The van der Waals surface area contributed by atoms with Crippen LogP contribution in [-0.2, 0) is 17.9 Å². The summed E-state index contributed by atoms with van der Waals surface area (Å²) >= 11 is -0.811. The normalized spacial score (nSPS) is 11.2. The summed E-state index contributed by atoms with van der Waals surface area (Å²) in [6.45, 7) is 13.3. The Balaban J connectivity index is 2.57. The average Bonchev–Trinajstić information content (AvgIpc) is 2.38. The first-order valence-corrected chi connectivity index (χ1v) is 10.7. The van der Waals surface area contributed by atoms with Crippen molar-refractivity contribution in [1.82, 2.24) is 0 Å². The van der Waals surface area contributed by atoms with E-state index in [2.05, 4.69) is 82.3 Å². The number of rotatable bonds is 2. The van der Waals surface area contributed by atoms with Crippen LogP contribution in [0, 0.1) is 26.2 Å². The van der Waals surface area contributed by atoms with Crippen molar-refractivity contribution in [3.63, 3.8) is 0 Å². The van der Waals surface area contributed by atoms with Gasteiger partial charge in [-0.3, -0.25) is 0 Å². The zero-order chi connectivity index (χ0) is 16.3. The van der Waals surface area contributed by atoms with Gasteiger partial charge in [0.25, 0.3) is 0 Å². The van der Waals surface area contributed by atoms with Gasteiger partial charge < -0.3 is 0 Å². The van der Waals surface area contributed by atoms with Gasteiger partial charge in [0.2, 0.25) is 0 Å². The fraction of sp³-hybridized carbons (Fsp3) is 0.350. The van der Waals surface area contributed by atoms with Crippen LogP contribution < -0.4 is 0 Å². The molecule has 0 fully saturated rings. The molecule has 0 saturated carbocycles. The molecule has 0 aromatic heterocycles. The molecule has 0 aliphatic carbocycles. The van der Waals surface area contributed by atoms with Crippen molar-refractivity contribution < 1.29 is 17.9 Å². The van der Waals surface area contributed by atoms with Crippen LogP contribution in [0.5, 0.6) is 0 Å². The molecule has 0 unspecified atom stereocenters. The third-order valence-corrected chi connectivity index (χ3v) is 7.41. The predicted molar refractivity (Wildman–Crippen MR) is 93.7 cm³/mol. The van der Waals surface area contributed by atoms with Crippen LogP contribution in [0.2, 0.25) is 0 Å². The fourth-order valence-electron chi connectivity index (χ4n) is 2.61. The van der Waals surface area contributed by atoms with E-state index in [0.29, 0.717) is 0 Å². The molecule has 0 heterocycles. The first-order valence-electron chi connectivity index (χ1n) is 7.66. The van der Waals surface area contributed by atoms with E-state index in [0.717, 1.165) is 5.69 Å². The molecule has 1 nitrogen and oxygen atoms in total. The van der Waals surface area contributed by atoms with Crippen molar-refractivity contribution in [1.29, 1.82) is 0 Å². The average molecular weight is 463 g/mol. The summed E-state index contributed by atoms with van der Waals surface area (Å²) < 4.78 is 7.41. The van der Waals surface area contributed by atoms with Crippen molar-refractivity contribution in [2.45, 2.75) is 41.5 Å². The van der Waals surface area contributed by atoms with Gasteiger partial charge in [-0.15, -0.1) is 0 Å². The van der Waals surface area contributed by atoms with Gasteiger partial charge in [0.15, 0.2) is 0 Å². The van der Waals surface area contributed by atoms with Gasteiger partial charge >= 0.3 is 143 Å². The van der Waals surface area contributed by atoms with Crippen LogP contribution >= 0.6 is 0 Å². The monoisotopic (exact) mass is 463 g/mol. The molecule has 2 heteroatoms. The third-order valence-electron chi connectivity index (χ3n) is 3.41. The molecule has 2 aromatic carbocycles. The minimum absolute atomic E-state index is 0.277. The number of hydrogen-bond donors (Lipinski definition) is 0. The quantitative estimate of drug-likeness (QED) is 0.516. The standard InChI is InChI=1S/C15H15N.C5H10.W/c1-10-8-11(2)15(12(3)9-10)13-6-4-5-7-14(13)16;1-5(2,3)4;/h4-9H,1-3H3;1H,2-4H3;. The van der Waals surface area contributed by atoms with Crippen LogP contribution in [0.25, 0.3) is 11.1 Å². The van der Waals surface area contributed by atoms with Gasteiger partial charge in [0.05, 0.1) is 0 Å². The Morgan fingerprint density at radius 3 is 2.14 bits per heavy atom. The second kappa shape index (κ2) is 6.92. The first kappa shape index (κ1) is 17.2. The Morgan fingerprint density at radius 1 is 0.955 bits per heavy atom. The van der Waals surface area contributed by atoms with Crippen molar-refractivity contribution in [3.8, 4) is 11.1 Å². The molecule has 22 heavy (non-hydrogen) atoms. The Kier molecular flexibility index (Phi) is 5.40. The summed E-state index contributed by atoms with van der Waals surface area (Å²) in [5.74, 6) is 0. The molecular formula is C20H25NW. The van der Waals surface area contributed by atoms with Gasteiger partial charge in [-0.1, -0.05) is 0 Å². The van der Waals surface area contributed by atoms with Gasteiger partial charge in [-0.2, -0.15) is 0 Å². The zero-order valence-electron chi connectivity index (χ0n) is 14.4. The summed E-state index contributed by atoms with van der Waals surface area (Å²) in [7, 11) is 0. The topological polar surface area (TPSA) is 12.4 Å². The number of nitrogens with zero attached hydrogens (tertiary/aromatic N) is 1. The van der Waals surface area contributed by atoms with E-state index in [-0.39, 0.29) is 5.41 Å². The maximum absolute atomic E-state index is 4.98. The second-order valence-corrected chi connectivity index (χ2v) is 9.23. The molecule has 2 rings (SSSR count). The summed E-state index contributed by atoms with van der Waals surface area (Å²) in [6.07, 6.45) is 0. The predicted octanol–water partition coefficient (Wildman–Crippen LogP) is 6.02. The molecule has 116 valence electrons. The fourth-order valence-corrected chi connectivity index (χ4v) is 4.92. The second-order valence-electron chi connectivity index (χ2n) is 6.97. The Bertz CT molecular complexity index is 722. The van der Waals surface area contributed by atoms with Crippen molar-refractivity contribution >= 4 is 10.1 Å². The van der Waals surface area contributed by atoms with Crippen molar-refractivity contribution in [2.24, 2.45) is 8.91 Å². The molecule has 0 atom stereocenters. The van der Waals surface area contributed by atoms with Crippen LogP contribution in [0.3, 0.4) is 0 Å². The van der Waals surface area contributed by atoms with E-state index in [1.807, 2.05) is 0 Å². The van der Waals surface area contributed by atoms with Gasteiger partial charge in [0.1, 0.15) is 0 Å². The van der Waals surface area contributed by atoms with E-state index in [4.69, 9.17) is 3.50 Å². The summed E-state index contributed by atoms with van der Waals surface area (Å²) in [4.78, 5) is 0. The first-order chi connectivity index (χ1) is 10.3. The molecule has 0 saturated heterocycles. The van der Waals surface area contributed by atoms with Gasteiger partial charge in [0, 0.05) is 0 Å². The SMILES string of the molecule is Cc1cc(C)c(-c2ccccc2[N]=[W]=[CH]C(C)(C)C)c(C)c1. The summed E-state index contributed by atoms with van der Waals surface area (Å²) in [5, 5.41) is 0. The summed E-state index contributed by atoms with van der Waals surface area (Å²) in [6, 6.07) is 13.1. The van der Waals surface area contributed by atoms with Crippen LogP contribution in [0.15, 0.2) is 39.9 Å². The molecular weight excluding hydrogens is 438 g/mol. The minimum atomic E-state index is -0.811. The third kappa shape index (κ3) is 4.40. The van der Waals surface area contributed by atoms with Crippen LogP contribution in [0.4, 0.5) is 5.69 Å². The van der Waals surface area contributed by atoms with E-state index in [9.17, 15) is 0 Å². The van der Waals surface area contributed by atoms with E-state index in [1.165, 1.54) is 27.8 Å². The molecule has 0 amide bonds. The molecule has 0 spiro atoms. The molecule has 2 aromatic rings. The van der Waals surface area contributed by atoms with Crippen molar-refractivity contribution in [2.75, 3.05) is 0 Å². The number of aryl methyl sites for hydroxylation is 3. The molecule has 0 aliphatic rings. The molecule has 0 aliphatic heterocycles. The maximum atomic E-state index is 4.98. The molecule has 0 bridgehead atoms. The Morgan fingerprint density at radius 2 is 1.55 bits per heavy atom. The van der Waals surface area contributed by atoms with Crippen molar-refractivity contribution in [3.05, 3.63) is 53.1 Å².